The fourth-order valence-corrected chi connectivity index (χ4v) is 12.4. The number of hydrogen-bond acceptors (Lipinski definition) is 14. The molecule has 21 heteroatoms. The summed E-state index contributed by atoms with van der Waals surface area (Å²) >= 11 is 0. The molecular weight excluding hydrogens is 1100 g/mol. The zero-order valence-corrected chi connectivity index (χ0v) is 48.5. The van der Waals surface area contributed by atoms with E-state index in [1.165, 1.54) is 0 Å². The maximum absolute atomic E-state index is 12.7. The summed E-state index contributed by atoms with van der Waals surface area (Å²) in [4.78, 5) is 62.2. The SMILES string of the molecule is C=C(NCCOCCO)c1ccc(P(c2ccc(C(=O)NCCOCCO)cc2)c2ccc(C(=O)NCCOCCO)cc2)cc1.CCCNC(=O)c1ccc(P(c2ccc(C(=O)NCCO)cc2)c2ccc(C(=O)NCCO)cc2)cc1. The molecule has 0 aliphatic heterocycles. The molecule has 0 saturated carbocycles. The van der Waals surface area contributed by atoms with Gasteiger partial charge in [-0.3, -0.25) is 24.0 Å². The van der Waals surface area contributed by atoms with Crippen LogP contribution >= 0.6 is 15.8 Å². The smallest absolute Gasteiger partial charge is 0.251 e. The highest BCUT2D eigenvalue weighted by Gasteiger charge is 2.21. The van der Waals surface area contributed by atoms with Crippen LogP contribution in [-0.2, 0) is 14.2 Å². The lowest BCUT2D eigenvalue weighted by Gasteiger charge is -2.21. The number of aliphatic hydroxyl groups is 5. The minimum absolute atomic E-state index is 0.0135. The van der Waals surface area contributed by atoms with Crippen LogP contribution in [0.2, 0.25) is 0 Å². The molecule has 6 rings (SSSR count). The molecule has 0 aliphatic carbocycles. The second-order valence-corrected chi connectivity index (χ2v) is 22.5. The van der Waals surface area contributed by atoms with Crippen molar-refractivity contribution in [3.63, 3.8) is 0 Å². The second-order valence-electron chi connectivity index (χ2n) is 18.1. The number of aliphatic hydroxyl groups excluding tert-OH is 5. The number of amides is 5. The van der Waals surface area contributed by atoms with Crippen molar-refractivity contribution in [1.29, 1.82) is 0 Å². The van der Waals surface area contributed by atoms with E-state index in [1.54, 1.807) is 48.5 Å². The van der Waals surface area contributed by atoms with Crippen molar-refractivity contribution >= 4 is 82.9 Å². The van der Waals surface area contributed by atoms with Crippen molar-refractivity contribution in [1.82, 2.24) is 31.9 Å². The average molecular weight is 1180 g/mol. The van der Waals surface area contributed by atoms with E-state index in [4.69, 9.17) is 39.7 Å². The van der Waals surface area contributed by atoms with Crippen molar-refractivity contribution in [3.05, 3.63) is 186 Å². The summed E-state index contributed by atoms with van der Waals surface area (Å²) < 4.78 is 15.7. The Kier molecular flexibility index (Phi) is 30.3. The maximum atomic E-state index is 12.7. The normalized spacial score (nSPS) is 10.8. The van der Waals surface area contributed by atoms with Gasteiger partial charge in [0.2, 0.25) is 0 Å². The number of carbonyl (C=O) groups is 5. The molecule has 0 atom stereocenters. The Bertz CT molecular complexity index is 2600. The van der Waals surface area contributed by atoms with Crippen molar-refractivity contribution in [2.45, 2.75) is 13.3 Å². The van der Waals surface area contributed by atoms with E-state index in [0.29, 0.717) is 80.4 Å². The summed E-state index contributed by atoms with van der Waals surface area (Å²) in [7, 11) is -2.09. The lowest BCUT2D eigenvalue weighted by Crippen LogP contribution is -2.28. The summed E-state index contributed by atoms with van der Waals surface area (Å²) in [5.74, 6) is -1.05. The summed E-state index contributed by atoms with van der Waals surface area (Å²) in [5, 5.41) is 67.6. The molecule has 19 nitrogen and oxygen atoms in total. The highest BCUT2D eigenvalue weighted by Crippen LogP contribution is 2.35. The van der Waals surface area contributed by atoms with E-state index < -0.39 is 15.8 Å². The maximum Gasteiger partial charge on any atom is 0.251 e. The molecule has 0 radical (unpaired) electrons. The van der Waals surface area contributed by atoms with Crippen LogP contribution in [-0.4, -0.2) is 167 Å². The zero-order valence-electron chi connectivity index (χ0n) is 46.7. The van der Waals surface area contributed by atoms with Crippen LogP contribution in [0.15, 0.2) is 152 Å². The Morgan fingerprint density at radius 2 is 0.554 bits per heavy atom. The summed E-state index contributed by atoms with van der Waals surface area (Å²) in [6, 6.07) is 45.3. The van der Waals surface area contributed by atoms with Crippen molar-refractivity contribution in [2.24, 2.45) is 0 Å². The molecule has 6 aromatic carbocycles. The Labute approximate surface area is 487 Å². The fraction of sp³-hybridized carbons (Fsp3) is 0.306. The summed E-state index contributed by atoms with van der Waals surface area (Å²) in [5.41, 5.74) is 4.31. The monoisotopic (exact) mass is 1170 g/mol. The first kappa shape index (κ1) is 66.5. The van der Waals surface area contributed by atoms with Crippen LogP contribution in [0.25, 0.3) is 5.70 Å². The molecule has 11 N–H and O–H groups in total. The van der Waals surface area contributed by atoms with Crippen molar-refractivity contribution in [3.8, 4) is 0 Å². The van der Waals surface area contributed by atoms with Gasteiger partial charge in [0.15, 0.2) is 0 Å². The van der Waals surface area contributed by atoms with E-state index in [0.717, 1.165) is 49.5 Å². The number of carbonyl (C=O) groups excluding carboxylic acids is 5. The summed E-state index contributed by atoms with van der Waals surface area (Å²) in [6.45, 7) is 9.80. The van der Waals surface area contributed by atoms with E-state index in [-0.39, 0.29) is 88.9 Å². The van der Waals surface area contributed by atoms with Crippen LogP contribution in [0.4, 0.5) is 0 Å². The molecule has 83 heavy (non-hydrogen) atoms. The van der Waals surface area contributed by atoms with Gasteiger partial charge in [0, 0.05) is 72.8 Å². The molecule has 0 spiro atoms. The minimum atomic E-state index is -1.05. The third kappa shape index (κ3) is 22.1. The van der Waals surface area contributed by atoms with Gasteiger partial charge < -0.3 is 71.6 Å². The van der Waals surface area contributed by atoms with Crippen LogP contribution < -0.4 is 63.7 Å². The van der Waals surface area contributed by atoms with Gasteiger partial charge in [0.25, 0.3) is 29.5 Å². The predicted octanol–water partition coefficient (Wildman–Crippen LogP) is 1.52. The van der Waals surface area contributed by atoms with E-state index in [9.17, 15) is 24.0 Å². The van der Waals surface area contributed by atoms with Gasteiger partial charge in [-0.2, -0.15) is 0 Å². The largest absolute Gasteiger partial charge is 0.395 e. The van der Waals surface area contributed by atoms with Gasteiger partial charge >= 0.3 is 0 Å². The van der Waals surface area contributed by atoms with E-state index in [2.05, 4.69) is 50.6 Å². The Morgan fingerprint density at radius 1 is 0.325 bits per heavy atom. The van der Waals surface area contributed by atoms with Crippen LogP contribution in [0.1, 0.15) is 70.7 Å². The molecule has 0 bridgehead atoms. The molecular formula is C62H76N6O13P2. The predicted molar refractivity (Wildman–Crippen MR) is 327 cm³/mol. The zero-order chi connectivity index (χ0) is 59.6. The van der Waals surface area contributed by atoms with Gasteiger partial charge in [-0.05, 0) is 120 Å². The first-order valence-electron chi connectivity index (χ1n) is 27.3. The lowest BCUT2D eigenvalue weighted by molar-refractivity contribution is 0.0834. The minimum Gasteiger partial charge on any atom is -0.395 e. The highest BCUT2D eigenvalue weighted by atomic mass is 31.1. The first-order chi connectivity index (χ1) is 40.5. The number of hydrogen-bond donors (Lipinski definition) is 11. The topological polar surface area (TPSA) is 286 Å². The molecule has 0 saturated heterocycles. The van der Waals surface area contributed by atoms with Crippen LogP contribution in [0.3, 0.4) is 0 Å². The van der Waals surface area contributed by atoms with E-state index >= 15 is 0 Å². The molecule has 0 unspecified atom stereocenters. The standard InChI is InChI=1S/C34H44N3O8P.C28H32N3O5P/c1-26(35-14-20-43-23-17-38)27-2-8-30(9-3-27)46(31-10-4-28(5-11-31)33(41)36-15-21-44-24-18-39)32-12-6-29(7-13-32)34(42)37-16-22-45-25-19-40;1-2-15-29-26(34)20-3-9-23(10-4-20)37(24-11-5-21(6-12-24)27(35)30-16-18-32)25-13-7-22(8-14-25)28(36)31-17-19-33/h2-13,35,38-40H,1,14-25H2,(H,36,41)(H,37,42);3-14,32-33H,2,15-19H2,1H3,(H,29,34)(H,30,35)(H,31,36). The Balaban J connectivity index is 0.000000311. The van der Waals surface area contributed by atoms with Gasteiger partial charge in [-0.25, -0.2) is 0 Å². The van der Waals surface area contributed by atoms with Crippen LogP contribution in [0.5, 0.6) is 0 Å². The van der Waals surface area contributed by atoms with Crippen LogP contribution in [0, 0.1) is 0 Å². The van der Waals surface area contributed by atoms with Crippen molar-refractivity contribution < 1.29 is 63.7 Å². The molecule has 6 aromatic rings. The fourth-order valence-electron chi connectivity index (χ4n) is 7.95. The first-order valence-corrected chi connectivity index (χ1v) is 30.0. The van der Waals surface area contributed by atoms with Gasteiger partial charge in [-0.15, -0.1) is 0 Å². The quantitative estimate of drug-likeness (QED) is 0.0202. The van der Waals surface area contributed by atoms with E-state index in [1.807, 2.05) is 91.9 Å². The van der Waals surface area contributed by atoms with Crippen molar-refractivity contribution in [2.75, 3.05) is 112 Å². The summed E-state index contributed by atoms with van der Waals surface area (Å²) in [6.07, 6.45) is 0.858. The average Bonchev–Trinajstić information content (AvgIpc) is 3.68. The molecule has 0 fully saturated rings. The number of benzene rings is 6. The third-order valence-corrected chi connectivity index (χ3v) is 17.0. The number of ether oxygens (including phenoxy) is 3. The Hall–Kier alpha value is -7.25. The highest BCUT2D eigenvalue weighted by molar-refractivity contribution is 7.80. The molecule has 0 aromatic heterocycles. The van der Waals surface area contributed by atoms with Gasteiger partial charge in [0.05, 0.1) is 72.7 Å². The molecule has 442 valence electrons. The number of nitrogens with one attached hydrogen (secondary N) is 6. The third-order valence-electron chi connectivity index (χ3n) is 12.1. The lowest BCUT2D eigenvalue weighted by atomic mass is 10.2. The van der Waals surface area contributed by atoms with Gasteiger partial charge in [0.1, 0.15) is 0 Å². The molecule has 5 amide bonds. The molecule has 0 aliphatic rings. The Morgan fingerprint density at radius 3 is 0.795 bits per heavy atom. The number of rotatable bonds is 34. The van der Waals surface area contributed by atoms with Gasteiger partial charge in [-0.1, -0.05) is 98.4 Å². The second kappa shape index (κ2) is 37.8. The molecule has 0 heterocycles.